The molecule has 0 aliphatic rings. The van der Waals surface area contributed by atoms with Gasteiger partial charge in [0.25, 0.3) is 10.1 Å². The van der Waals surface area contributed by atoms with Crippen molar-refractivity contribution in [2.45, 2.75) is 24.3 Å². The highest BCUT2D eigenvalue weighted by atomic mass is 32.2. The van der Waals surface area contributed by atoms with Crippen LogP contribution in [0.2, 0.25) is 0 Å². The Morgan fingerprint density at radius 2 is 1.42 bits per heavy atom. The van der Waals surface area contributed by atoms with Crippen LogP contribution in [-0.4, -0.2) is 72.2 Å². The topological polar surface area (TPSA) is 107 Å². The maximum absolute atomic E-state index is 13.5. The van der Waals surface area contributed by atoms with Crippen LogP contribution < -0.4 is 15.7 Å². The first-order chi connectivity index (χ1) is 16.3. The van der Waals surface area contributed by atoms with Crippen molar-refractivity contribution in [1.82, 2.24) is 0 Å². The molecule has 0 saturated heterocycles. The highest BCUT2D eigenvalue weighted by Gasteiger charge is 2.76. The van der Waals surface area contributed by atoms with E-state index in [1.165, 1.54) is 0 Å². The highest BCUT2D eigenvalue weighted by molar-refractivity contribution is 7.85. The monoisotopic (exact) mass is 536 g/mol. The summed E-state index contributed by atoms with van der Waals surface area (Å²) in [6.07, 6.45) is -12.6. The first kappa shape index (κ1) is 29.3. The number of carbonyl (C=O) groups is 2. The molecule has 192 valence electrons. The van der Waals surface area contributed by atoms with Crippen molar-refractivity contribution in [3.63, 3.8) is 0 Å². The zero-order valence-corrected chi connectivity index (χ0v) is 19.8. The molecule has 0 radical (unpaired) electrons. The van der Waals surface area contributed by atoms with E-state index in [0.717, 1.165) is 23.7 Å². The van der Waals surface area contributed by atoms with Gasteiger partial charge in [0.15, 0.2) is 0 Å². The Hall–Kier alpha value is -2.94. The average Bonchev–Trinajstić information content (AvgIpc) is 2.72. The molecule has 0 atom stereocenters. The van der Waals surface area contributed by atoms with Gasteiger partial charge < -0.3 is 9.47 Å². The molecule has 0 heterocycles. The number of benzene rings is 2. The third-order valence-electron chi connectivity index (χ3n) is 5.01. The van der Waals surface area contributed by atoms with Crippen LogP contribution in [0.15, 0.2) is 36.4 Å². The van der Waals surface area contributed by atoms with Crippen molar-refractivity contribution >= 4 is 56.5 Å². The summed E-state index contributed by atoms with van der Waals surface area (Å²) in [7, 11) is -0.835. The second kappa shape index (κ2) is 10.2. The lowest BCUT2D eigenvalue weighted by Gasteiger charge is -2.35. The molecule has 0 unspecified atom stereocenters. The van der Waals surface area contributed by atoms with Crippen LogP contribution in [0.3, 0.4) is 0 Å². The minimum absolute atomic E-state index is 0.0857. The van der Waals surface area contributed by atoms with E-state index in [1.807, 2.05) is 0 Å². The minimum Gasteiger partial charge on any atom is -0.435 e. The Kier molecular flexibility index (Phi) is 8.30. The summed E-state index contributed by atoms with van der Waals surface area (Å²) >= 11 is 0. The maximum Gasteiger partial charge on any atom is 0.438 e. The standard InChI is InChI=1S/C19H17B3F6O7S/c20-7-9-5-10(21)6-13(22)14(9)34-15(29)11-3-1-2-4-12(11)16(30)35-17(18(23,24)25,19(26,27)28)8-36(31,32)33/h1-6H,7-8,20-22H2,(H,31,32,33). The number of alkyl halides is 6. The van der Waals surface area contributed by atoms with Gasteiger partial charge >= 0.3 is 29.9 Å². The second-order valence-electron chi connectivity index (χ2n) is 7.80. The predicted molar refractivity (Wildman–Crippen MR) is 123 cm³/mol. The summed E-state index contributed by atoms with van der Waals surface area (Å²) in [5.74, 6) is -6.57. The Morgan fingerprint density at radius 3 is 1.86 bits per heavy atom. The van der Waals surface area contributed by atoms with Crippen molar-refractivity contribution in [1.29, 1.82) is 0 Å². The maximum atomic E-state index is 13.5. The number of halogens is 6. The predicted octanol–water partition coefficient (Wildman–Crippen LogP) is -0.536. The minimum atomic E-state index is -6.51. The summed E-state index contributed by atoms with van der Waals surface area (Å²) < 4.78 is 121. The Labute approximate surface area is 204 Å². The first-order valence-electron chi connectivity index (χ1n) is 10.1. The van der Waals surface area contributed by atoms with Crippen LogP contribution in [0.25, 0.3) is 0 Å². The van der Waals surface area contributed by atoms with Gasteiger partial charge in [-0.25, -0.2) is 9.59 Å². The van der Waals surface area contributed by atoms with Gasteiger partial charge in [0.1, 0.15) is 35.0 Å². The van der Waals surface area contributed by atoms with Crippen molar-refractivity contribution < 1.29 is 58.4 Å². The molecular weight excluding hydrogens is 519 g/mol. The molecule has 0 aliphatic heterocycles. The van der Waals surface area contributed by atoms with Crippen molar-refractivity contribution in [2.75, 3.05) is 5.75 Å². The van der Waals surface area contributed by atoms with Crippen molar-refractivity contribution in [2.24, 2.45) is 0 Å². The Morgan fingerprint density at radius 1 is 0.917 bits per heavy atom. The molecule has 0 fully saturated rings. The van der Waals surface area contributed by atoms with Gasteiger partial charge in [-0.2, -0.15) is 34.8 Å². The Bertz CT molecular complexity index is 1270. The van der Waals surface area contributed by atoms with E-state index in [1.54, 1.807) is 35.7 Å². The number of hydrogen-bond donors (Lipinski definition) is 1. The fourth-order valence-corrected chi connectivity index (χ4v) is 4.28. The van der Waals surface area contributed by atoms with Crippen molar-refractivity contribution in [3.05, 3.63) is 53.1 Å². The molecule has 17 heteroatoms. The summed E-state index contributed by atoms with van der Waals surface area (Å²) in [6, 6.07) is 7.15. The summed E-state index contributed by atoms with van der Waals surface area (Å²) in [4.78, 5) is 25.4. The summed E-state index contributed by atoms with van der Waals surface area (Å²) in [5, 5.41) is 0. The van der Waals surface area contributed by atoms with Crippen molar-refractivity contribution in [3.8, 4) is 5.75 Å². The third kappa shape index (κ3) is 6.24. The number of rotatable bonds is 7. The number of carbonyl (C=O) groups excluding carboxylic acids is 2. The van der Waals surface area contributed by atoms with E-state index in [2.05, 4.69) is 4.74 Å². The van der Waals surface area contributed by atoms with E-state index in [-0.39, 0.29) is 5.75 Å². The normalized spacial score (nSPS) is 12.8. The van der Waals surface area contributed by atoms with Gasteiger partial charge in [-0.3, -0.25) is 4.55 Å². The van der Waals surface area contributed by atoms with Crippen LogP contribution in [0.1, 0.15) is 26.3 Å². The van der Waals surface area contributed by atoms with Gasteiger partial charge in [-0.05, 0) is 23.2 Å². The molecule has 0 bridgehead atoms. The number of ether oxygens (including phenoxy) is 2. The largest absolute Gasteiger partial charge is 0.438 e. The third-order valence-corrected chi connectivity index (χ3v) is 5.78. The van der Waals surface area contributed by atoms with Gasteiger partial charge in [-0.15, -0.1) is 0 Å². The van der Waals surface area contributed by atoms with Crippen LogP contribution in [-0.2, 0) is 21.2 Å². The van der Waals surface area contributed by atoms with Gasteiger partial charge in [0.2, 0.25) is 0 Å². The van der Waals surface area contributed by atoms with Gasteiger partial charge in [0.05, 0.1) is 11.1 Å². The molecule has 1 N–H and O–H groups in total. The van der Waals surface area contributed by atoms with E-state index in [9.17, 15) is 44.3 Å². The number of esters is 2. The molecule has 0 saturated carbocycles. The van der Waals surface area contributed by atoms with Crippen LogP contribution in [0.5, 0.6) is 5.75 Å². The first-order valence-corrected chi connectivity index (χ1v) is 11.7. The second-order valence-corrected chi connectivity index (χ2v) is 9.25. The molecule has 2 rings (SSSR count). The molecule has 0 amide bonds. The van der Waals surface area contributed by atoms with E-state index in [0.29, 0.717) is 23.4 Å². The average molecular weight is 536 g/mol. The molecule has 0 aliphatic carbocycles. The fraction of sp³-hybridized carbons (Fsp3) is 0.263. The Balaban J connectivity index is 2.56. The fourth-order valence-electron chi connectivity index (χ4n) is 3.38. The molecule has 2 aromatic rings. The summed E-state index contributed by atoms with van der Waals surface area (Å²) in [5.41, 5.74) is -5.51. The quantitative estimate of drug-likeness (QED) is 0.167. The lowest BCUT2D eigenvalue weighted by molar-refractivity contribution is -0.356. The van der Waals surface area contributed by atoms with E-state index >= 15 is 0 Å². The SMILES string of the molecule is BCc1cc(B)cc(B)c1OC(=O)c1ccccc1C(=O)OC(CS(=O)(=O)O)(C(F)(F)F)C(F)(F)F. The van der Waals surface area contributed by atoms with Crippen LogP contribution in [0.4, 0.5) is 26.3 Å². The molecule has 0 spiro atoms. The smallest absolute Gasteiger partial charge is 0.435 e. The van der Waals surface area contributed by atoms with Crippen LogP contribution in [0, 0.1) is 0 Å². The summed E-state index contributed by atoms with van der Waals surface area (Å²) in [6.45, 7) is 0. The molecule has 0 aromatic heterocycles. The van der Waals surface area contributed by atoms with Crippen LogP contribution >= 0.6 is 0 Å². The lowest BCUT2D eigenvalue weighted by Crippen LogP contribution is -2.63. The van der Waals surface area contributed by atoms with E-state index in [4.69, 9.17) is 9.29 Å². The molecule has 2 aromatic carbocycles. The van der Waals surface area contributed by atoms with E-state index < -0.39 is 56.9 Å². The number of hydrogen-bond acceptors (Lipinski definition) is 6. The van der Waals surface area contributed by atoms with Gasteiger partial charge in [0, 0.05) is 0 Å². The lowest BCUT2D eigenvalue weighted by atomic mass is 9.81. The molecular formula is C19H17B3F6O7S. The van der Waals surface area contributed by atoms with Gasteiger partial charge in [-0.1, -0.05) is 36.0 Å². The molecule has 7 nitrogen and oxygen atoms in total. The zero-order valence-electron chi connectivity index (χ0n) is 19.0. The highest BCUT2D eigenvalue weighted by Crippen LogP contribution is 2.47. The zero-order chi connectivity index (χ0) is 27.7. The molecule has 36 heavy (non-hydrogen) atoms.